The van der Waals surface area contributed by atoms with Gasteiger partial charge in [-0.05, 0) is 22.6 Å². The second-order valence-electron chi connectivity index (χ2n) is 4.91. The molecule has 21 heavy (non-hydrogen) atoms. The van der Waals surface area contributed by atoms with Crippen molar-refractivity contribution in [1.29, 1.82) is 0 Å². The highest BCUT2D eigenvalue weighted by molar-refractivity contribution is 5.71. The zero-order valence-corrected chi connectivity index (χ0v) is 11.4. The second-order valence-corrected chi connectivity index (χ2v) is 4.91. The summed E-state index contributed by atoms with van der Waals surface area (Å²) in [7, 11) is 0. The molecule has 0 saturated carbocycles. The first-order valence-electron chi connectivity index (χ1n) is 6.78. The van der Waals surface area contributed by atoms with E-state index in [-0.39, 0.29) is 0 Å². The lowest BCUT2D eigenvalue weighted by Gasteiger charge is -2.22. The number of anilines is 1. The number of hydrogen-bond acceptors (Lipinski definition) is 6. The molecule has 0 radical (unpaired) electrons. The zero-order chi connectivity index (χ0) is 14.7. The van der Waals surface area contributed by atoms with Crippen LogP contribution in [-0.4, -0.2) is 57.5 Å². The lowest BCUT2D eigenvalue weighted by atomic mass is 10.1. The standard InChI is InChI=1S/C13H16N6O2/c20-12(21)10-8-14-6-7-18(9-10)13-15-16-17-19(13)11-4-2-1-3-5-11/h1-5,10,14H,6-9H2,(H,20,21)/t10-/m1/s1. The van der Waals surface area contributed by atoms with Crippen molar-refractivity contribution in [1.82, 2.24) is 25.5 Å². The van der Waals surface area contributed by atoms with Crippen LogP contribution in [0.5, 0.6) is 0 Å². The van der Waals surface area contributed by atoms with Crippen LogP contribution in [0.1, 0.15) is 0 Å². The summed E-state index contributed by atoms with van der Waals surface area (Å²) in [6.07, 6.45) is 0. The van der Waals surface area contributed by atoms with Crippen molar-refractivity contribution in [3.63, 3.8) is 0 Å². The topological polar surface area (TPSA) is 96.2 Å². The van der Waals surface area contributed by atoms with Crippen molar-refractivity contribution in [2.45, 2.75) is 0 Å². The van der Waals surface area contributed by atoms with Gasteiger partial charge in [0, 0.05) is 26.2 Å². The number of carbonyl (C=O) groups is 1. The third-order valence-corrected chi connectivity index (χ3v) is 3.48. The first kappa shape index (κ1) is 13.5. The molecule has 1 fully saturated rings. The number of carboxylic acids is 1. The normalized spacial score (nSPS) is 19.2. The maximum atomic E-state index is 11.3. The molecule has 1 aliphatic rings. The highest BCUT2D eigenvalue weighted by Gasteiger charge is 2.26. The van der Waals surface area contributed by atoms with E-state index in [1.165, 1.54) is 0 Å². The summed E-state index contributed by atoms with van der Waals surface area (Å²) in [6, 6.07) is 9.55. The fraction of sp³-hybridized carbons (Fsp3) is 0.385. The summed E-state index contributed by atoms with van der Waals surface area (Å²) >= 11 is 0. The van der Waals surface area contributed by atoms with Gasteiger partial charge in [0.2, 0.25) is 5.95 Å². The number of nitrogens with zero attached hydrogens (tertiary/aromatic N) is 5. The van der Waals surface area contributed by atoms with Gasteiger partial charge in [-0.3, -0.25) is 4.79 Å². The molecule has 3 rings (SSSR count). The van der Waals surface area contributed by atoms with Gasteiger partial charge in [-0.25, -0.2) is 0 Å². The number of carboxylic acid groups (broad SMARTS) is 1. The molecule has 0 unspecified atom stereocenters. The van der Waals surface area contributed by atoms with Gasteiger partial charge < -0.3 is 15.3 Å². The van der Waals surface area contributed by atoms with E-state index in [1.807, 2.05) is 35.2 Å². The Morgan fingerprint density at radius 2 is 2.14 bits per heavy atom. The van der Waals surface area contributed by atoms with Crippen LogP contribution >= 0.6 is 0 Å². The first-order chi connectivity index (χ1) is 10.3. The number of benzene rings is 1. The predicted molar refractivity (Wildman–Crippen MR) is 75.4 cm³/mol. The molecule has 2 heterocycles. The Bertz CT molecular complexity index is 614. The highest BCUT2D eigenvalue weighted by atomic mass is 16.4. The van der Waals surface area contributed by atoms with Gasteiger partial charge in [-0.15, -0.1) is 0 Å². The van der Waals surface area contributed by atoms with Crippen molar-refractivity contribution in [2.75, 3.05) is 31.1 Å². The smallest absolute Gasteiger partial charge is 0.309 e. The molecular formula is C13H16N6O2. The lowest BCUT2D eigenvalue weighted by Crippen LogP contribution is -2.35. The molecule has 0 spiro atoms. The Kier molecular flexibility index (Phi) is 3.78. The maximum Gasteiger partial charge on any atom is 0.309 e. The van der Waals surface area contributed by atoms with E-state index in [1.54, 1.807) is 4.68 Å². The molecule has 0 amide bonds. The minimum absolute atomic E-state index is 0.384. The van der Waals surface area contributed by atoms with Crippen LogP contribution in [0, 0.1) is 5.92 Å². The SMILES string of the molecule is O=C(O)[C@@H]1CNCCN(c2nnnn2-c2ccccc2)C1. The zero-order valence-electron chi connectivity index (χ0n) is 11.4. The third kappa shape index (κ3) is 2.84. The monoisotopic (exact) mass is 288 g/mol. The number of aliphatic carboxylic acids is 1. The van der Waals surface area contributed by atoms with Crippen LogP contribution < -0.4 is 10.2 Å². The van der Waals surface area contributed by atoms with E-state index >= 15 is 0 Å². The molecule has 0 bridgehead atoms. The molecule has 110 valence electrons. The number of tetrazole rings is 1. The minimum atomic E-state index is -0.812. The molecule has 8 nitrogen and oxygen atoms in total. The summed E-state index contributed by atoms with van der Waals surface area (Å²) in [5.74, 6) is -0.724. The van der Waals surface area contributed by atoms with Crippen LogP contribution in [0.2, 0.25) is 0 Å². The van der Waals surface area contributed by atoms with Gasteiger partial charge in [0.15, 0.2) is 0 Å². The quantitative estimate of drug-likeness (QED) is 0.805. The second kappa shape index (κ2) is 5.88. The number of nitrogens with one attached hydrogen (secondary N) is 1. The molecule has 0 aliphatic carbocycles. The van der Waals surface area contributed by atoms with Crippen LogP contribution in [0.15, 0.2) is 30.3 Å². The summed E-state index contributed by atoms with van der Waals surface area (Å²) in [5, 5.41) is 24.2. The van der Waals surface area contributed by atoms with Gasteiger partial charge >= 0.3 is 5.97 Å². The summed E-state index contributed by atoms with van der Waals surface area (Å²) in [5.41, 5.74) is 0.849. The molecule has 1 aromatic carbocycles. The average Bonchev–Trinajstić information content (AvgIpc) is 2.85. The van der Waals surface area contributed by atoms with Crippen molar-refractivity contribution < 1.29 is 9.90 Å². The fourth-order valence-electron chi connectivity index (χ4n) is 2.38. The van der Waals surface area contributed by atoms with E-state index in [9.17, 15) is 9.90 Å². The van der Waals surface area contributed by atoms with E-state index in [0.717, 1.165) is 5.69 Å². The highest BCUT2D eigenvalue weighted by Crippen LogP contribution is 2.17. The van der Waals surface area contributed by atoms with Gasteiger partial charge in [-0.2, -0.15) is 4.68 Å². The van der Waals surface area contributed by atoms with Crippen molar-refractivity contribution in [3.05, 3.63) is 30.3 Å². The summed E-state index contributed by atoms with van der Waals surface area (Å²) in [6.45, 7) is 2.21. The van der Waals surface area contributed by atoms with Crippen molar-refractivity contribution in [3.8, 4) is 5.69 Å². The number of aromatic nitrogens is 4. The van der Waals surface area contributed by atoms with E-state index < -0.39 is 11.9 Å². The lowest BCUT2D eigenvalue weighted by molar-refractivity contribution is -0.141. The minimum Gasteiger partial charge on any atom is -0.481 e. The van der Waals surface area contributed by atoms with Crippen LogP contribution in [0.25, 0.3) is 5.69 Å². The van der Waals surface area contributed by atoms with Gasteiger partial charge in [0.25, 0.3) is 0 Å². The van der Waals surface area contributed by atoms with Crippen molar-refractivity contribution in [2.24, 2.45) is 5.92 Å². The Morgan fingerprint density at radius 3 is 2.90 bits per heavy atom. The Hall–Kier alpha value is -2.48. The molecule has 1 aromatic heterocycles. The maximum absolute atomic E-state index is 11.3. The summed E-state index contributed by atoms with van der Waals surface area (Å²) < 4.78 is 1.63. The van der Waals surface area contributed by atoms with Crippen molar-refractivity contribution >= 4 is 11.9 Å². The van der Waals surface area contributed by atoms with Gasteiger partial charge in [0.05, 0.1) is 11.6 Å². The molecule has 8 heteroatoms. The largest absolute Gasteiger partial charge is 0.481 e. The van der Waals surface area contributed by atoms with Gasteiger partial charge in [-0.1, -0.05) is 23.3 Å². The molecule has 2 N–H and O–H groups in total. The van der Waals surface area contributed by atoms with E-state index in [0.29, 0.717) is 32.1 Å². The molecule has 1 saturated heterocycles. The predicted octanol–water partition coefficient (Wildman–Crippen LogP) is -0.227. The average molecular weight is 288 g/mol. The fourth-order valence-corrected chi connectivity index (χ4v) is 2.38. The van der Waals surface area contributed by atoms with Crippen LogP contribution in [0.4, 0.5) is 5.95 Å². The Balaban J connectivity index is 1.90. The van der Waals surface area contributed by atoms with Gasteiger partial charge in [0.1, 0.15) is 0 Å². The Labute approximate surface area is 121 Å². The molecule has 1 aliphatic heterocycles. The Morgan fingerprint density at radius 1 is 1.33 bits per heavy atom. The van der Waals surface area contributed by atoms with E-state index in [2.05, 4.69) is 20.8 Å². The molecule has 1 atom stereocenters. The molecule has 2 aromatic rings. The molecular weight excluding hydrogens is 272 g/mol. The summed E-state index contributed by atoms with van der Waals surface area (Å²) in [4.78, 5) is 13.2. The van der Waals surface area contributed by atoms with Crippen LogP contribution in [0.3, 0.4) is 0 Å². The van der Waals surface area contributed by atoms with Crippen LogP contribution in [-0.2, 0) is 4.79 Å². The number of para-hydroxylation sites is 1. The number of rotatable bonds is 3. The van der Waals surface area contributed by atoms with E-state index in [4.69, 9.17) is 0 Å². The first-order valence-corrected chi connectivity index (χ1v) is 6.78. The number of hydrogen-bond donors (Lipinski definition) is 2. The third-order valence-electron chi connectivity index (χ3n) is 3.48.